The van der Waals surface area contributed by atoms with Gasteiger partial charge in [0.15, 0.2) is 0 Å². The molecule has 0 aromatic carbocycles. The van der Waals surface area contributed by atoms with Gasteiger partial charge in [0.1, 0.15) is 11.6 Å². The van der Waals surface area contributed by atoms with Gasteiger partial charge >= 0.3 is 6.09 Å². The Morgan fingerprint density at radius 2 is 2.04 bits per heavy atom. The number of hydrogen-bond donors (Lipinski definition) is 0. The molecule has 0 bridgehead atoms. The van der Waals surface area contributed by atoms with Gasteiger partial charge < -0.3 is 9.64 Å². The predicted octanol–water partition coefficient (Wildman–Crippen LogP) is 5.27. The first-order valence-electron chi connectivity index (χ1n) is 7.77. The van der Waals surface area contributed by atoms with Crippen LogP contribution in [0.3, 0.4) is 0 Å². The smallest absolute Gasteiger partial charge is 0.410 e. The van der Waals surface area contributed by atoms with Gasteiger partial charge in [-0.2, -0.15) is 4.91 Å². The number of aryl methyl sites for hydroxylation is 1. The highest BCUT2D eigenvalue weighted by molar-refractivity contribution is 9.10. The molecular weight excluding hydrogens is 380 g/mol. The fourth-order valence-electron chi connectivity index (χ4n) is 2.72. The zero-order chi connectivity index (χ0) is 17.2. The first-order valence-corrected chi connectivity index (χ1v) is 9.44. The lowest BCUT2D eigenvalue weighted by Gasteiger charge is -2.34. The standard InChI is InChI=1S/C16H23BrN2O3S/c1-10-9-23-14(12(10)17)13(18-21)11-5-7-19(8-6-11)15(20)22-16(2,3)4/h9,11,13H,5-8H2,1-4H3. The van der Waals surface area contributed by atoms with Crippen molar-refractivity contribution < 1.29 is 9.53 Å². The number of carbonyl (C=O) groups excluding carboxylic acids is 1. The maximum atomic E-state index is 12.1. The number of hydrogen-bond acceptors (Lipinski definition) is 5. The van der Waals surface area contributed by atoms with Gasteiger partial charge in [0.05, 0.1) is 0 Å². The van der Waals surface area contributed by atoms with E-state index in [1.165, 1.54) is 0 Å². The quantitative estimate of drug-likeness (QED) is 0.646. The number of likely N-dealkylation sites (tertiary alicyclic amines) is 1. The Morgan fingerprint density at radius 3 is 2.48 bits per heavy atom. The average molecular weight is 403 g/mol. The van der Waals surface area contributed by atoms with Gasteiger partial charge in [0.25, 0.3) is 0 Å². The average Bonchev–Trinajstić information content (AvgIpc) is 2.79. The molecule has 1 amide bonds. The second-order valence-corrected chi connectivity index (χ2v) is 8.66. The lowest BCUT2D eigenvalue weighted by Crippen LogP contribution is -2.42. The van der Waals surface area contributed by atoms with Gasteiger partial charge in [0.2, 0.25) is 0 Å². The second kappa shape index (κ2) is 7.30. The molecule has 5 nitrogen and oxygen atoms in total. The predicted molar refractivity (Wildman–Crippen MR) is 95.8 cm³/mol. The van der Waals surface area contributed by atoms with Crippen LogP contribution in [0.15, 0.2) is 15.0 Å². The maximum absolute atomic E-state index is 12.1. The van der Waals surface area contributed by atoms with E-state index < -0.39 is 5.60 Å². The van der Waals surface area contributed by atoms with E-state index in [1.54, 1.807) is 16.2 Å². The molecule has 0 spiro atoms. The number of nitroso groups, excluding NO2 is 1. The first-order chi connectivity index (χ1) is 10.7. The molecule has 1 aromatic heterocycles. The summed E-state index contributed by atoms with van der Waals surface area (Å²) in [7, 11) is 0. The zero-order valence-corrected chi connectivity index (χ0v) is 16.4. The third-order valence-electron chi connectivity index (χ3n) is 3.95. The first kappa shape index (κ1) is 18.4. The number of carbonyl (C=O) groups is 1. The molecule has 23 heavy (non-hydrogen) atoms. The Hall–Kier alpha value is -0.950. The molecule has 0 aliphatic carbocycles. The van der Waals surface area contributed by atoms with Gasteiger partial charge in [-0.25, -0.2) is 4.79 Å². The molecule has 2 rings (SSSR count). The molecular formula is C16H23BrN2O3S. The van der Waals surface area contributed by atoms with Crippen LogP contribution in [0.2, 0.25) is 0 Å². The largest absolute Gasteiger partial charge is 0.444 e. The molecule has 128 valence electrons. The van der Waals surface area contributed by atoms with E-state index in [0.717, 1.165) is 27.8 Å². The molecule has 1 fully saturated rings. The van der Waals surface area contributed by atoms with Gasteiger partial charge in [0, 0.05) is 22.4 Å². The summed E-state index contributed by atoms with van der Waals surface area (Å²) in [6.45, 7) is 8.81. The van der Waals surface area contributed by atoms with Crippen molar-refractivity contribution in [3.8, 4) is 0 Å². The molecule has 1 aliphatic rings. The van der Waals surface area contributed by atoms with Crippen molar-refractivity contribution in [2.24, 2.45) is 11.1 Å². The van der Waals surface area contributed by atoms with Crippen LogP contribution < -0.4 is 0 Å². The number of piperidine rings is 1. The van der Waals surface area contributed by atoms with Gasteiger partial charge in [-0.3, -0.25) is 0 Å². The summed E-state index contributed by atoms with van der Waals surface area (Å²) in [5.41, 5.74) is 0.644. The summed E-state index contributed by atoms with van der Waals surface area (Å²) in [6.07, 6.45) is 1.25. The summed E-state index contributed by atoms with van der Waals surface area (Å²) >= 11 is 5.12. The second-order valence-electron chi connectivity index (χ2n) is 6.95. The fraction of sp³-hybridized carbons (Fsp3) is 0.688. The van der Waals surface area contributed by atoms with Crippen LogP contribution in [0.1, 0.15) is 50.1 Å². The minimum atomic E-state index is -0.486. The SMILES string of the molecule is Cc1csc(C(N=O)C2CCN(C(=O)OC(C)(C)C)CC2)c1Br. The van der Waals surface area contributed by atoms with Gasteiger partial charge in [-0.1, -0.05) is 5.18 Å². The number of halogens is 1. The lowest BCUT2D eigenvalue weighted by molar-refractivity contribution is 0.0175. The Balaban J connectivity index is 1.99. The van der Waals surface area contributed by atoms with E-state index in [0.29, 0.717) is 13.1 Å². The minimum absolute atomic E-state index is 0.167. The summed E-state index contributed by atoms with van der Waals surface area (Å²) in [4.78, 5) is 26.2. The van der Waals surface area contributed by atoms with Crippen molar-refractivity contribution in [3.63, 3.8) is 0 Å². The number of ether oxygens (including phenoxy) is 1. The van der Waals surface area contributed by atoms with Crippen LogP contribution in [-0.2, 0) is 4.74 Å². The highest BCUT2D eigenvalue weighted by atomic mass is 79.9. The Labute approximate surface area is 149 Å². The molecule has 1 saturated heterocycles. The summed E-state index contributed by atoms with van der Waals surface area (Å²) in [5.74, 6) is 0.167. The van der Waals surface area contributed by atoms with Crippen LogP contribution >= 0.6 is 27.3 Å². The fourth-order valence-corrected chi connectivity index (χ4v) is 4.56. The normalized spacial score (nSPS) is 17.9. The van der Waals surface area contributed by atoms with Crippen LogP contribution in [0, 0.1) is 17.7 Å². The number of nitrogens with zero attached hydrogens (tertiary/aromatic N) is 2. The van der Waals surface area contributed by atoms with Gasteiger partial charge in [-0.05, 0) is 73.3 Å². The minimum Gasteiger partial charge on any atom is -0.444 e. The van der Waals surface area contributed by atoms with E-state index in [4.69, 9.17) is 4.74 Å². The van der Waals surface area contributed by atoms with Crippen LogP contribution in [-0.4, -0.2) is 29.7 Å². The Kier molecular flexibility index (Phi) is 5.84. The maximum Gasteiger partial charge on any atom is 0.410 e. The van der Waals surface area contributed by atoms with E-state index in [2.05, 4.69) is 21.1 Å². The van der Waals surface area contributed by atoms with Crippen LogP contribution in [0.5, 0.6) is 0 Å². The van der Waals surface area contributed by atoms with Crippen LogP contribution in [0.25, 0.3) is 0 Å². The molecule has 1 unspecified atom stereocenters. The third-order valence-corrected chi connectivity index (χ3v) is 6.43. The van der Waals surface area contributed by atoms with E-state index >= 15 is 0 Å². The zero-order valence-electron chi connectivity index (χ0n) is 14.0. The molecule has 1 aliphatic heterocycles. The molecule has 0 saturated carbocycles. The van der Waals surface area contributed by atoms with Crippen molar-refractivity contribution in [3.05, 3.63) is 25.2 Å². The molecule has 7 heteroatoms. The molecule has 0 N–H and O–H groups in total. The summed E-state index contributed by atoms with van der Waals surface area (Å²) in [5, 5.41) is 5.42. The topological polar surface area (TPSA) is 59.0 Å². The van der Waals surface area contributed by atoms with Gasteiger partial charge in [-0.15, -0.1) is 11.3 Å². The molecule has 2 heterocycles. The number of rotatable bonds is 3. The van der Waals surface area contributed by atoms with Crippen molar-refractivity contribution >= 4 is 33.4 Å². The Bertz CT molecular complexity index is 574. The third kappa shape index (κ3) is 4.53. The highest BCUT2D eigenvalue weighted by Gasteiger charge is 2.33. The van der Waals surface area contributed by atoms with Crippen molar-refractivity contribution in [2.75, 3.05) is 13.1 Å². The van der Waals surface area contributed by atoms with Crippen molar-refractivity contribution in [2.45, 2.75) is 52.2 Å². The van der Waals surface area contributed by atoms with E-state index in [-0.39, 0.29) is 18.1 Å². The van der Waals surface area contributed by atoms with E-state index in [9.17, 15) is 9.70 Å². The monoisotopic (exact) mass is 402 g/mol. The van der Waals surface area contributed by atoms with Crippen molar-refractivity contribution in [1.29, 1.82) is 0 Å². The van der Waals surface area contributed by atoms with E-state index in [1.807, 2.05) is 33.1 Å². The summed E-state index contributed by atoms with van der Waals surface area (Å²) < 4.78 is 6.39. The van der Waals surface area contributed by atoms with Crippen molar-refractivity contribution in [1.82, 2.24) is 4.90 Å². The molecule has 0 radical (unpaired) electrons. The number of thiophene rings is 1. The summed E-state index contributed by atoms with van der Waals surface area (Å²) in [6, 6.07) is -0.344. The highest BCUT2D eigenvalue weighted by Crippen LogP contribution is 2.41. The molecule has 1 aromatic rings. The number of amides is 1. The lowest BCUT2D eigenvalue weighted by atomic mass is 9.89. The van der Waals surface area contributed by atoms with Crippen LogP contribution in [0.4, 0.5) is 4.79 Å². The molecule has 1 atom stereocenters. The Morgan fingerprint density at radius 1 is 1.43 bits per heavy atom.